The van der Waals surface area contributed by atoms with E-state index in [0.717, 1.165) is 31.2 Å². The molecular weight excluding hydrogens is 382 g/mol. The van der Waals surface area contributed by atoms with E-state index in [1.165, 1.54) is 4.90 Å². The fraction of sp³-hybridized carbons (Fsp3) is 0.435. The zero-order valence-electron chi connectivity index (χ0n) is 16.8. The molecule has 2 N–H and O–H groups in total. The predicted octanol–water partition coefficient (Wildman–Crippen LogP) is 2.08. The Kier molecular flexibility index (Phi) is 6.28. The molecule has 0 spiro atoms. The maximum Gasteiger partial charge on any atom is 0.267 e. The second-order valence-electron chi connectivity index (χ2n) is 7.96. The van der Waals surface area contributed by atoms with Gasteiger partial charge >= 0.3 is 0 Å². The van der Waals surface area contributed by atoms with E-state index in [0.29, 0.717) is 12.3 Å². The lowest BCUT2D eigenvalue weighted by Gasteiger charge is -2.46. The molecule has 0 bridgehead atoms. The average molecular weight is 409 g/mol. The fourth-order valence-corrected chi connectivity index (χ4v) is 4.25. The molecule has 2 amide bonds. The normalized spacial score (nSPS) is 26.0. The number of pyridine rings is 1. The van der Waals surface area contributed by atoms with Crippen molar-refractivity contribution >= 4 is 11.8 Å². The molecule has 4 rings (SSSR count). The predicted molar refractivity (Wildman–Crippen MR) is 111 cm³/mol. The third kappa shape index (κ3) is 4.46. The van der Waals surface area contributed by atoms with Crippen LogP contribution in [-0.4, -0.2) is 52.1 Å². The molecule has 158 valence electrons. The zero-order chi connectivity index (χ0) is 20.9. The minimum Gasteiger partial charge on any atom is -0.478 e. The first-order chi connectivity index (χ1) is 14.6. The summed E-state index contributed by atoms with van der Waals surface area (Å²) in [5.74, 6) is 0.261. The lowest BCUT2D eigenvalue weighted by atomic mass is 9.86. The van der Waals surface area contributed by atoms with Crippen molar-refractivity contribution in [2.75, 3.05) is 13.1 Å². The lowest BCUT2D eigenvalue weighted by Crippen LogP contribution is -2.63. The maximum atomic E-state index is 12.8. The molecule has 7 nitrogen and oxygen atoms in total. The smallest absolute Gasteiger partial charge is 0.267 e. The molecule has 2 aliphatic rings. The third-order valence-electron chi connectivity index (χ3n) is 5.95. The van der Waals surface area contributed by atoms with Crippen LogP contribution >= 0.6 is 0 Å². The summed E-state index contributed by atoms with van der Waals surface area (Å²) in [6, 6.07) is 12.5. The van der Waals surface area contributed by atoms with Crippen molar-refractivity contribution in [3.63, 3.8) is 0 Å². The zero-order valence-corrected chi connectivity index (χ0v) is 16.8. The number of likely N-dealkylation sites (tertiary alicyclic amines) is 1. The van der Waals surface area contributed by atoms with Gasteiger partial charge in [0, 0.05) is 24.9 Å². The van der Waals surface area contributed by atoms with Gasteiger partial charge in [-0.25, -0.2) is 0 Å². The van der Waals surface area contributed by atoms with Crippen LogP contribution in [0.2, 0.25) is 0 Å². The number of amides is 2. The number of aromatic nitrogens is 1. The Morgan fingerprint density at radius 1 is 1.13 bits per heavy atom. The van der Waals surface area contributed by atoms with Crippen LogP contribution in [-0.2, 0) is 9.59 Å². The third-order valence-corrected chi connectivity index (χ3v) is 5.95. The summed E-state index contributed by atoms with van der Waals surface area (Å²) in [4.78, 5) is 30.9. The van der Waals surface area contributed by atoms with Crippen molar-refractivity contribution < 1.29 is 19.4 Å². The van der Waals surface area contributed by atoms with Crippen molar-refractivity contribution in [2.45, 2.75) is 43.9 Å². The Balaban J connectivity index is 1.41. The summed E-state index contributed by atoms with van der Waals surface area (Å²) in [6.45, 7) is 0.398. The largest absolute Gasteiger partial charge is 0.478 e. The summed E-state index contributed by atoms with van der Waals surface area (Å²) >= 11 is 0. The molecule has 30 heavy (non-hydrogen) atoms. The number of aliphatic hydroxyl groups excluding tert-OH is 1. The lowest BCUT2D eigenvalue weighted by molar-refractivity contribution is -0.166. The number of ether oxygens (including phenoxy) is 1. The highest BCUT2D eigenvalue weighted by molar-refractivity contribution is 5.93. The van der Waals surface area contributed by atoms with Crippen LogP contribution in [0.1, 0.15) is 37.3 Å². The quantitative estimate of drug-likeness (QED) is 0.683. The van der Waals surface area contributed by atoms with Crippen LogP contribution in [0.4, 0.5) is 0 Å². The summed E-state index contributed by atoms with van der Waals surface area (Å²) in [6.07, 6.45) is 6.10. The van der Waals surface area contributed by atoms with E-state index < -0.39 is 6.10 Å². The molecule has 2 aromatic rings. The SMILES string of the molecule is O=C(CN1C(=O)C(Oc2ccccc2)C1c1ccncc1)NC[C@H]1CCCC[C@H]1O. The average Bonchev–Trinajstić information content (AvgIpc) is 2.78. The molecule has 2 unspecified atom stereocenters. The Morgan fingerprint density at radius 2 is 1.87 bits per heavy atom. The first-order valence-electron chi connectivity index (χ1n) is 10.5. The van der Waals surface area contributed by atoms with E-state index in [2.05, 4.69) is 10.3 Å². The van der Waals surface area contributed by atoms with E-state index in [9.17, 15) is 14.7 Å². The van der Waals surface area contributed by atoms with Crippen molar-refractivity contribution in [3.8, 4) is 5.75 Å². The van der Waals surface area contributed by atoms with E-state index in [1.54, 1.807) is 12.4 Å². The molecule has 2 heterocycles. The first-order valence-corrected chi connectivity index (χ1v) is 10.5. The second kappa shape index (κ2) is 9.26. The van der Waals surface area contributed by atoms with Crippen LogP contribution in [0.3, 0.4) is 0 Å². The molecule has 2 fully saturated rings. The van der Waals surface area contributed by atoms with Gasteiger partial charge in [0.25, 0.3) is 5.91 Å². The Labute approximate surface area is 176 Å². The van der Waals surface area contributed by atoms with Gasteiger partial charge < -0.3 is 20.1 Å². The Hall–Kier alpha value is -2.93. The van der Waals surface area contributed by atoms with Crippen molar-refractivity contribution in [1.82, 2.24) is 15.2 Å². The van der Waals surface area contributed by atoms with Crippen LogP contribution in [0, 0.1) is 5.92 Å². The number of β-lactam (4-membered cyclic amide) rings is 1. The number of hydrogen-bond acceptors (Lipinski definition) is 5. The first kappa shape index (κ1) is 20.3. The Bertz CT molecular complexity index is 861. The van der Waals surface area contributed by atoms with Gasteiger partial charge in [0.2, 0.25) is 12.0 Å². The van der Waals surface area contributed by atoms with E-state index >= 15 is 0 Å². The topological polar surface area (TPSA) is 91.8 Å². The molecule has 1 saturated heterocycles. The number of carbonyl (C=O) groups is 2. The van der Waals surface area contributed by atoms with Gasteiger partial charge in [0.1, 0.15) is 18.3 Å². The van der Waals surface area contributed by atoms with Gasteiger partial charge in [-0.15, -0.1) is 0 Å². The number of rotatable bonds is 7. The van der Waals surface area contributed by atoms with E-state index in [1.807, 2.05) is 42.5 Å². The van der Waals surface area contributed by atoms with Crippen LogP contribution in [0.15, 0.2) is 54.9 Å². The van der Waals surface area contributed by atoms with E-state index in [4.69, 9.17) is 4.74 Å². The van der Waals surface area contributed by atoms with Crippen molar-refractivity contribution in [3.05, 3.63) is 60.4 Å². The number of hydrogen-bond donors (Lipinski definition) is 2. The maximum absolute atomic E-state index is 12.8. The summed E-state index contributed by atoms with van der Waals surface area (Å²) in [7, 11) is 0. The molecule has 1 aromatic carbocycles. The number of nitrogens with zero attached hydrogens (tertiary/aromatic N) is 2. The highest BCUT2D eigenvalue weighted by atomic mass is 16.5. The van der Waals surface area contributed by atoms with Gasteiger partial charge in [0.15, 0.2) is 0 Å². The summed E-state index contributed by atoms with van der Waals surface area (Å²) < 4.78 is 5.93. The van der Waals surface area contributed by atoms with Gasteiger partial charge in [-0.2, -0.15) is 0 Å². The number of nitrogens with one attached hydrogen (secondary N) is 1. The fourth-order valence-electron chi connectivity index (χ4n) is 4.25. The van der Waals surface area contributed by atoms with Crippen LogP contribution in [0.25, 0.3) is 0 Å². The van der Waals surface area contributed by atoms with Crippen LogP contribution in [0.5, 0.6) is 5.75 Å². The van der Waals surface area contributed by atoms with Crippen molar-refractivity contribution in [2.24, 2.45) is 5.92 Å². The molecule has 4 atom stereocenters. The molecule has 7 heteroatoms. The minimum absolute atomic E-state index is 0.0384. The summed E-state index contributed by atoms with van der Waals surface area (Å²) in [5, 5.41) is 13.0. The molecule has 1 aliphatic heterocycles. The highest BCUT2D eigenvalue weighted by Crippen LogP contribution is 2.37. The molecular formula is C23H27N3O4. The minimum atomic E-state index is -0.678. The van der Waals surface area contributed by atoms with E-state index in [-0.39, 0.29) is 36.4 Å². The van der Waals surface area contributed by atoms with Crippen LogP contribution < -0.4 is 10.1 Å². The number of carbonyl (C=O) groups excluding carboxylic acids is 2. The highest BCUT2D eigenvalue weighted by Gasteiger charge is 2.50. The van der Waals surface area contributed by atoms with Gasteiger partial charge in [-0.3, -0.25) is 14.6 Å². The molecule has 0 radical (unpaired) electrons. The Morgan fingerprint density at radius 3 is 2.60 bits per heavy atom. The van der Waals surface area contributed by atoms with Gasteiger partial charge in [0.05, 0.1) is 6.10 Å². The monoisotopic (exact) mass is 409 g/mol. The second-order valence-corrected chi connectivity index (χ2v) is 7.96. The standard InChI is InChI=1S/C23H27N3O4/c27-19-9-5-4-6-17(19)14-25-20(28)15-26-21(16-10-12-24-13-11-16)22(23(26)29)30-18-7-2-1-3-8-18/h1-3,7-8,10-13,17,19,21-22,27H,4-6,9,14-15H2,(H,25,28)/t17-,19-,21?,22?/m1/s1. The molecule has 1 saturated carbocycles. The molecule has 1 aliphatic carbocycles. The number of benzene rings is 1. The molecule has 1 aromatic heterocycles. The van der Waals surface area contributed by atoms with Crippen molar-refractivity contribution in [1.29, 1.82) is 0 Å². The van der Waals surface area contributed by atoms with Gasteiger partial charge in [-0.1, -0.05) is 31.0 Å². The van der Waals surface area contributed by atoms with Gasteiger partial charge in [-0.05, 0) is 42.7 Å². The summed E-state index contributed by atoms with van der Waals surface area (Å²) in [5.41, 5.74) is 0.876. The number of para-hydroxylation sites is 1. The number of aliphatic hydroxyl groups is 1.